The SMILES string of the molecule is Nc1nc(Cl)c2c(n1)N(Cc1cc3ccccc3[nH]1)C(=O)C2. The number of nitrogens with one attached hydrogen (secondary N) is 1. The van der Waals surface area contributed by atoms with Crippen molar-refractivity contribution in [3.05, 3.63) is 46.7 Å². The van der Waals surface area contributed by atoms with Crippen LogP contribution in [-0.4, -0.2) is 20.9 Å². The number of benzene rings is 1. The summed E-state index contributed by atoms with van der Waals surface area (Å²) in [5, 5.41) is 1.35. The fourth-order valence-electron chi connectivity index (χ4n) is 2.75. The predicted octanol–water partition coefficient (Wildman–Crippen LogP) is 2.28. The van der Waals surface area contributed by atoms with Gasteiger partial charge in [-0.1, -0.05) is 29.8 Å². The van der Waals surface area contributed by atoms with Crippen LogP contribution >= 0.6 is 11.6 Å². The van der Waals surface area contributed by atoms with Gasteiger partial charge in [0.05, 0.1) is 13.0 Å². The number of aromatic amines is 1. The summed E-state index contributed by atoms with van der Waals surface area (Å²) in [6, 6.07) is 9.98. The second-order valence-electron chi connectivity index (χ2n) is 5.21. The molecular formula is C15H12ClN5O. The first kappa shape index (κ1) is 13.1. The van der Waals surface area contributed by atoms with E-state index in [1.807, 2.05) is 30.3 Å². The number of aromatic nitrogens is 3. The number of carbonyl (C=O) groups excluding carboxylic acids is 1. The molecule has 0 fully saturated rings. The fraction of sp³-hybridized carbons (Fsp3) is 0.133. The molecule has 1 aliphatic rings. The van der Waals surface area contributed by atoms with E-state index in [1.165, 1.54) is 0 Å². The Morgan fingerprint density at radius 3 is 2.95 bits per heavy atom. The van der Waals surface area contributed by atoms with Crippen molar-refractivity contribution in [1.29, 1.82) is 0 Å². The molecule has 0 spiro atoms. The van der Waals surface area contributed by atoms with Gasteiger partial charge < -0.3 is 10.7 Å². The molecule has 1 amide bonds. The monoisotopic (exact) mass is 313 g/mol. The number of nitrogen functional groups attached to an aromatic ring is 1. The number of para-hydroxylation sites is 1. The Morgan fingerprint density at radius 1 is 1.32 bits per heavy atom. The summed E-state index contributed by atoms with van der Waals surface area (Å²) in [5.74, 6) is 0.511. The van der Waals surface area contributed by atoms with Crippen molar-refractivity contribution in [3.63, 3.8) is 0 Å². The van der Waals surface area contributed by atoms with Gasteiger partial charge in [-0.25, -0.2) is 4.98 Å². The van der Waals surface area contributed by atoms with E-state index in [4.69, 9.17) is 17.3 Å². The van der Waals surface area contributed by atoms with Crippen LogP contribution in [-0.2, 0) is 17.8 Å². The zero-order valence-electron chi connectivity index (χ0n) is 11.5. The Morgan fingerprint density at radius 2 is 2.14 bits per heavy atom. The third kappa shape index (κ3) is 2.00. The molecule has 0 saturated carbocycles. The average Bonchev–Trinajstić information content (AvgIpc) is 3.02. The standard InChI is InChI=1S/C15H12ClN5O/c16-13-10-6-12(22)21(14(10)20-15(17)19-13)7-9-5-8-3-1-2-4-11(8)18-9/h1-5,18H,6-7H2,(H2,17,19,20). The van der Waals surface area contributed by atoms with E-state index in [9.17, 15) is 4.79 Å². The lowest BCUT2D eigenvalue weighted by atomic mass is 10.2. The van der Waals surface area contributed by atoms with Gasteiger partial charge in [0, 0.05) is 16.8 Å². The highest BCUT2D eigenvalue weighted by Crippen LogP contribution is 2.33. The summed E-state index contributed by atoms with van der Waals surface area (Å²) in [6.07, 6.45) is 0.203. The minimum atomic E-state index is -0.0598. The molecule has 0 aliphatic carbocycles. The molecule has 1 aliphatic heterocycles. The maximum absolute atomic E-state index is 12.3. The predicted molar refractivity (Wildman–Crippen MR) is 84.6 cm³/mol. The van der Waals surface area contributed by atoms with E-state index in [2.05, 4.69) is 15.0 Å². The van der Waals surface area contributed by atoms with Gasteiger partial charge in [0.25, 0.3) is 0 Å². The van der Waals surface area contributed by atoms with Crippen LogP contribution in [0.3, 0.4) is 0 Å². The quantitative estimate of drug-likeness (QED) is 0.710. The van der Waals surface area contributed by atoms with Gasteiger partial charge in [0.2, 0.25) is 11.9 Å². The van der Waals surface area contributed by atoms with Crippen LogP contribution in [0.1, 0.15) is 11.3 Å². The third-order valence-electron chi connectivity index (χ3n) is 3.75. The zero-order valence-corrected chi connectivity index (χ0v) is 12.3. The first-order valence-corrected chi connectivity index (χ1v) is 7.18. The maximum Gasteiger partial charge on any atom is 0.233 e. The molecule has 110 valence electrons. The van der Waals surface area contributed by atoms with Gasteiger partial charge in [-0.05, 0) is 17.5 Å². The van der Waals surface area contributed by atoms with Crippen molar-refractivity contribution in [2.24, 2.45) is 0 Å². The molecule has 7 heteroatoms. The van der Waals surface area contributed by atoms with E-state index in [1.54, 1.807) is 4.90 Å². The second-order valence-corrected chi connectivity index (χ2v) is 5.57. The number of nitrogens with zero attached hydrogens (tertiary/aromatic N) is 3. The Bertz CT molecular complexity index is 871. The number of H-pyrrole nitrogens is 1. The molecule has 0 unspecified atom stereocenters. The topological polar surface area (TPSA) is 87.9 Å². The molecule has 3 N–H and O–H groups in total. The van der Waals surface area contributed by atoms with Crippen molar-refractivity contribution >= 4 is 40.2 Å². The van der Waals surface area contributed by atoms with Gasteiger partial charge in [-0.2, -0.15) is 4.98 Å². The maximum atomic E-state index is 12.3. The van der Waals surface area contributed by atoms with Crippen LogP contribution < -0.4 is 10.6 Å². The highest BCUT2D eigenvalue weighted by molar-refractivity contribution is 6.31. The van der Waals surface area contributed by atoms with Crippen molar-refractivity contribution in [2.75, 3.05) is 10.6 Å². The molecule has 4 rings (SSSR count). The molecule has 0 radical (unpaired) electrons. The Kier molecular flexibility index (Phi) is 2.80. The summed E-state index contributed by atoms with van der Waals surface area (Å²) in [4.78, 5) is 25.2. The van der Waals surface area contributed by atoms with E-state index in [0.29, 0.717) is 17.9 Å². The Labute approximate surface area is 130 Å². The number of hydrogen-bond donors (Lipinski definition) is 2. The molecule has 22 heavy (non-hydrogen) atoms. The van der Waals surface area contributed by atoms with E-state index < -0.39 is 0 Å². The second kappa shape index (κ2) is 4.71. The molecule has 3 heterocycles. The van der Waals surface area contributed by atoms with Crippen molar-refractivity contribution in [2.45, 2.75) is 13.0 Å². The van der Waals surface area contributed by atoms with Crippen LogP contribution in [0.25, 0.3) is 10.9 Å². The minimum absolute atomic E-state index is 0.0598. The van der Waals surface area contributed by atoms with Crippen LogP contribution in [0, 0.1) is 0 Å². The first-order valence-electron chi connectivity index (χ1n) is 6.81. The van der Waals surface area contributed by atoms with Gasteiger partial charge in [0.1, 0.15) is 11.0 Å². The van der Waals surface area contributed by atoms with Crippen LogP contribution in [0.15, 0.2) is 30.3 Å². The largest absolute Gasteiger partial charge is 0.368 e. The minimum Gasteiger partial charge on any atom is -0.368 e. The van der Waals surface area contributed by atoms with E-state index in [0.717, 1.165) is 16.6 Å². The molecule has 0 atom stereocenters. The van der Waals surface area contributed by atoms with Crippen LogP contribution in [0.5, 0.6) is 0 Å². The number of fused-ring (bicyclic) bond motifs is 2. The Balaban J connectivity index is 1.73. The average molecular weight is 314 g/mol. The number of halogens is 1. The van der Waals surface area contributed by atoms with Crippen LogP contribution in [0.4, 0.5) is 11.8 Å². The first-order chi connectivity index (χ1) is 10.6. The summed E-state index contributed by atoms with van der Waals surface area (Å²) in [5.41, 5.74) is 8.24. The lowest BCUT2D eigenvalue weighted by Crippen LogP contribution is -2.27. The highest BCUT2D eigenvalue weighted by Gasteiger charge is 2.32. The molecule has 1 aromatic carbocycles. The normalized spacial score (nSPS) is 13.9. The molecule has 0 saturated heterocycles. The summed E-state index contributed by atoms with van der Waals surface area (Å²) in [6.45, 7) is 0.396. The Hall–Kier alpha value is -2.60. The number of carbonyl (C=O) groups is 1. The smallest absolute Gasteiger partial charge is 0.233 e. The molecule has 3 aromatic rings. The number of rotatable bonds is 2. The van der Waals surface area contributed by atoms with Crippen molar-refractivity contribution in [1.82, 2.24) is 15.0 Å². The van der Waals surface area contributed by atoms with Crippen molar-refractivity contribution in [3.8, 4) is 0 Å². The highest BCUT2D eigenvalue weighted by atomic mass is 35.5. The zero-order chi connectivity index (χ0) is 15.3. The van der Waals surface area contributed by atoms with Gasteiger partial charge >= 0.3 is 0 Å². The lowest BCUT2D eigenvalue weighted by Gasteiger charge is -2.15. The fourth-order valence-corrected chi connectivity index (χ4v) is 2.99. The van der Waals surface area contributed by atoms with Gasteiger partial charge in [-0.3, -0.25) is 9.69 Å². The molecular weight excluding hydrogens is 302 g/mol. The van der Waals surface area contributed by atoms with Gasteiger partial charge in [-0.15, -0.1) is 0 Å². The third-order valence-corrected chi connectivity index (χ3v) is 4.06. The van der Waals surface area contributed by atoms with E-state index >= 15 is 0 Å². The molecule has 2 aromatic heterocycles. The summed E-state index contributed by atoms with van der Waals surface area (Å²) < 4.78 is 0. The number of amides is 1. The molecule has 0 bridgehead atoms. The van der Waals surface area contributed by atoms with E-state index in [-0.39, 0.29) is 23.4 Å². The number of nitrogens with two attached hydrogens (primary N) is 1. The molecule has 6 nitrogen and oxygen atoms in total. The number of anilines is 2. The van der Waals surface area contributed by atoms with Crippen molar-refractivity contribution < 1.29 is 4.79 Å². The lowest BCUT2D eigenvalue weighted by molar-refractivity contribution is -0.117. The summed E-state index contributed by atoms with van der Waals surface area (Å²) in [7, 11) is 0. The summed E-state index contributed by atoms with van der Waals surface area (Å²) >= 11 is 6.05. The van der Waals surface area contributed by atoms with Gasteiger partial charge in [0.15, 0.2) is 0 Å². The number of hydrogen-bond acceptors (Lipinski definition) is 4. The van der Waals surface area contributed by atoms with Crippen LogP contribution in [0.2, 0.25) is 5.15 Å².